The lowest BCUT2D eigenvalue weighted by Crippen LogP contribution is -2.31. The van der Waals surface area contributed by atoms with Gasteiger partial charge in [-0.1, -0.05) is 6.07 Å². The van der Waals surface area contributed by atoms with E-state index >= 15 is 0 Å². The van der Waals surface area contributed by atoms with Gasteiger partial charge < -0.3 is 10.5 Å². The molecule has 2 aromatic heterocycles. The molecule has 0 aliphatic heterocycles. The van der Waals surface area contributed by atoms with Crippen LogP contribution < -0.4 is 10.5 Å². The van der Waals surface area contributed by atoms with E-state index in [9.17, 15) is 0 Å². The number of aromatic nitrogens is 3. The van der Waals surface area contributed by atoms with Crippen LogP contribution in [0, 0.1) is 0 Å². The predicted octanol–water partition coefficient (Wildman–Crippen LogP) is 1.61. The summed E-state index contributed by atoms with van der Waals surface area (Å²) in [5.41, 5.74) is 6.94. The first-order valence-electron chi connectivity index (χ1n) is 6.06. The van der Waals surface area contributed by atoms with Gasteiger partial charge in [0.05, 0.1) is 24.7 Å². The summed E-state index contributed by atoms with van der Waals surface area (Å²) in [5.74, 6) is 0.749. The number of nitrogens with zero attached hydrogens (tertiary/aromatic N) is 3. The minimum atomic E-state index is -0.0886. The fraction of sp³-hybridized carbons (Fsp3) is 0.385. The van der Waals surface area contributed by atoms with Crippen molar-refractivity contribution >= 4 is 0 Å². The number of pyridine rings is 1. The van der Waals surface area contributed by atoms with E-state index in [4.69, 9.17) is 10.5 Å². The van der Waals surface area contributed by atoms with E-state index in [1.807, 2.05) is 38.2 Å². The van der Waals surface area contributed by atoms with Crippen molar-refractivity contribution in [1.82, 2.24) is 14.8 Å². The molecule has 0 aromatic carbocycles. The second kappa shape index (κ2) is 5.64. The Bertz CT molecular complexity index is 481. The third-order valence-electron chi connectivity index (χ3n) is 2.66. The molecule has 0 radical (unpaired) electrons. The maximum atomic E-state index is 6.04. The van der Waals surface area contributed by atoms with Crippen molar-refractivity contribution in [2.75, 3.05) is 6.61 Å². The number of hydrogen-bond donors (Lipinski definition) is 1. The first kappa shape index (κ1) is 12.6. The summed E-state index contributed by atoms with van der Waals surface area (Å²) >= 11 is 0. The summed E-state index contributed by atoms with van der Waals surface area (Å²) in [6.45, 7) is 4.51. The zero-order chi connectivity index (χ0) is 13.0. The van der Waals surface area contributed by atoms with Gasteiger partial charge in [-0.15, -0.1) is 0 Å². The average molecular weight is 246 g/mol. The fourth-order valence-electron chi connectivity index (χ4n) is 1.91. The summed E-state index contributed by atoms with van der Waals surface area (Å²) in [7, 11) is 0. The molecule has 0 bridgehead atoms. The van der Waals surface area contributed by atoms with Gasteiger partial charge in [0.1, 0.15) is 6.04 Å². The summed E-state index contributed by atoms with van der Waals surface area (Å²) in [6, 6.07) is 5.62. The SMILES string of the molecule is CCOc1cnn(C(c2ccccn2)C(C)N)c1. The van der Waals surface area contributed by atoms with E-state index in [0.29, 0.717) is 6.61 Å². The van der Waals surface area contributed by atoms with Gasteiger partial charge in [-0.25, -0.2) is 0 Å². The monoisotopic (exact) mass is 246 g/mol. The Labute approximate surface area is 107 Å². The molecule has 2 atom stereocenters. The van der Waals surface area contributed by atoms with E-state index in [0.717, 1.165) is 11.4 Å². The molecule has 2 rings (SSSR count). The summed E-state index contributed by atoms with van der Waals surface area (Å²) < 4.78 is 7.21. The zero-order valence-corrected chi connectivity index (χ0v) is 10.7. The van der Waals surface area contributed by atoms with Gasteiger partial charge in [0.25, 0.3) is 0 Å². The van der Waals surface area contributed by atoms with Gasteiger partial charge in [0, 0.05) is 12.2 Å². The molecule has 2 heterocycles. The van der Waals surface area contributed by atoms with Gasteiger partial charge in [-0.2, -0.15) is 5.10 Å². The summed E-state index contributed by atoms with van der Waals surface area (Å²) in [6.07, 6.45) is 5.31. The summed E-state index contributed by atoms with van der Waals surface area (Å²) in [5, 5.41) is 4.30. The van der Waals surface area contributed by atoms with Crippen molar-refractivity contribution < 1.29 is 4.74 Å². The fourth-order valence-corrected chi connectivity index (χ4v) is 1.91. The first-order valence-corrected chi connectivity index (χ1v) is 6.06. The van der Waals surface area contributed by atoms with Crippen LogP contribution in [0.1, 0.15) is 25.6 Å². The van der Waals surface area contributed by atoms with Crippen LogP contribution in [0.25, 0.3) is 0 Å². The summed E-state index contributed by atoms with van der Waals surface area (Å²) in [4.78, 5) is 4.35. The Hall–Kier alpha value is -1.88. The zero-order valence-electron chi connectivity index (χ0n) is 10.7. The molecule has 2 unspecified atom stereocenters. The molecule has 2 aromatic rings. The molecule has 5 heteroatoms. The second-order valence-electron chi connectivity index (χ2n) is 4.15. The van der Waals surface area contributed by atoms with Crippen LogP contribution in [0.3, 0.4) is 0 Å². The van der Waals surface area contributed by atoms with Crippen LogP contribution in [0.4, 0.5) is 0 Å². The second-order valence-corrected chi connectivity index (χ2v) is 4.15. The highest BCUT2D eigenvalue weighted by atomic mass is 16.5. The topological polar surface area (TPSA) is 66.0 Å². The van der Waals surface area contributed by atoms with Gasteiger partial charge in [-0.3, -0.25) is 9.67 Å². The number of ether oxygens (including phenoxy) is 1. The highest BCUT2D eigenvalue weighted by molar-refractivity contribution is 5.17. The molecule has 2 N–H and O–H groups in total. The van der Waals surface area contributed by atoms with Crippen LogP contribution in [-0.4, -0.2) is 27.4 Å². The Morgan fingerprint density at radius 1 is 1.44 bits per heavy atom. The lowest BCUT2D eigenvalue weighted by Gasteiger charge is -2.20. The minimum absolute atomic E-state index is 0.0830. The Kier molecular flexibility index (Phi) is 3.94. The van der Waals surface area contributed by atoms with Gasteiger partial charge >= 0.3 is 0 Å². The van der Waals surface area contributed by atoms with Crippen LogP contribution in [0.5, 0.6) is 5.75 Å². The molecule has 0 aliphatic carbocycles. The molecule has 0 aliphatic rings. The van der Waals surface area contributed by atoms with E-state index in [-0.39, 0.29) is 12.1 Å². The lowest BCUT2D eigenvalue weighted by atomic mass is 10.1. The molecule has 5 nitrogen and oxygen atoms in total. The van der Waals surface area contributed by atoms with E-state index in [2.05, 4.69) is 10.1 Å². The Morgan fingerprint density at radius 2 is 2.28 bits per heavy atom. The van der Waals surface area contributed by atoms with Crippen molar-refractivity contribution in [3.63, 3.8) is 0 Å². The van der Waals surface area contributed by atoms with Crippen LogP contribution in [0.2, 0.25) is 0 Å². The van der Waals surface area contributed by atoms with E-state index in [1.165, 1.54) is 0 Å². The minimum Gasteiger partial charge on any atom is -0.491 e. The molecular weight excluding hydrogens is 228 g/mol. The highest BCUT2D eigenvalue weighted by Crippen LogP contribution is 2.21. The largest absolute Gasteiger partial charge is 0.491 e. The van der Waals surface area contributed by atoms with Crippen molar-refractivity contribution in [2.24, 2.45) is 5.73 Å². The lowest BCUT2D eigenvalue weighted by molar-refractivity contribution is 0.338. The number of hydrogen-bond acceptors (Lipinski definition) is 4. The standard InChI is InChI=1S/C13H18N4O/c1-3-18-11-8-16-17(9-11)13(10(2)14)12-6-4-5-7-15-12/h4-10,13H,3,14H2,1-2H3. The van der Waals surface area contributed by atoms with Crippen LogP contribution in [0.15, 0.2) is 36.8 Å². The Balaban J connectivity index is 2.30. The number of rotatable bonds is 5. The van der Waals surface area contributed by atoms with Crippen molar-refractivity contribution in [3.05, 3.63) is 42.5 Å². The smallest absolute Gasteiger partial charge is 0.157 e. The third kappa shape index (κ3) is 2.68. The van der Waals surface area contributed by atoms with E-state index < -0.39 is 0 Å². The molecule has 18 heavy (non-hydrogen) atoms. The number of nitrogens with two attached hydrogens (primary N) is 1. The van der Waals surface area contributed by atoms with Crippen molar-refractivity contribution in [3.8, 4) is 5.75 Å². The molecule has 0 spiro atoms. The van der Waals surface area contributed by atoms with Gasteiger partial charge in [0.2, 0.25) is 0 Å². The van der Waals surface area contributed by atoms with Crippen LogP contribution in [-0.2, 0) is 0 Å². The normalized spacial score (nSPS) is 14.2. The molecule has 0 saturated carbocycles. The predicted molar refractivity (Wildman–Crippen MR) is 69.4 cm³/mol. The van der Waals surface area contributed by atoms with Gasteiger partial charge in [0.15, 0.2) is 5.75 Å². The molecule has 0 saturated heterocycles. The van der Waals surface area contributed by atoms with Gasteiger partial charge in [-0.05, 0) is 26.0 Å². The third-order valence-corrected chi connectivity index (χ3v) is 2.66. The van der Waals surface area contributed by atoms with Crippen molar-refractivity contribution in [1.29, 1.82) is 0 Å². The molecule has 96 valence electrons. The average Bonchev–Trinajstić information content (AvgIpc) is 2.79. The van der Waals surface area contributed by atoms with E-state index in [1.54, 1.807) is 17.1 Å². The maximum absolute atomic E-state index is 6.04. The van der Waals surface area contributed by atoms with Crippen molar-refractivity contribution in [2.45, 2.75) is 25.9 Å². The Morgan fingerprint density at radius 3 is 2.89 bits per heavy atom. The van der Waals surface area contributed by atoms with Crippen LogP contribution >= 0.6 is 0 Å². The molecule has 0 amide bonds. The quantitative estimate of drug-likeness (QED) is 0.870. The molecular formula is C13H18N4O. The first-order chi connectivity index (χ1) is 8.72. The molecule has 0 fully saturated rings. The highest BCUT2D eigenvalue weighted by Gasteiger charge is 2.20. The maximum Gasteiger partial charge on any atom is 0.157 e.